The fourth-order valence-corrected chi connectivity index (χ4v) is 2.10. The molecule has 0 aliphatic heterocycles. The highest BCUT2D eigenvalue weighted by Gasteiger charge is 2.90. The summed E-state index contributed by atoms with van der Waals surface area (Å²) in [5, 5.41) is -7.84. The van der Waals surface area contributed by atoms with Crippen molar-refractivity contribution in [1.82, 2.24) is 0 Å². The normalized spacial score (nSPS) is 17.9. The van der Waals surface area contributed by atoms with Gasteiger partial charge in [0.25, 0.3) is 0 Å². The van der Waals surface area contributed by atoms with Gasteiger partial charge in [0.05, 0.1) is 0 Å². The summed E-state index contributed by atoms with van der Waals surface area (Å²) in [6.45, 7) is 0. The fraction of sp³-hybridized carbons (Fsp3) is 0.818. The summed E-state index contributed by atoms with van der Waals surface area (Å²) in [4.78, 5) is 0. The number of hydrogen-bond donors (Lipinski definition) is 1. The lowest BCUT2D eigenvalue weighted by Crippen LogP contribution is -2.70. The molecule has 0 aromatic heterocycles. The van der Waals surface area contributed by atoms with E-state index in [-0.39, 0.29) is 0 Å². The Morgan fingerprint density at radius 1 is 0.600 bits per heavy atom. The Labute approximate surface area is 177 Å². The van der Waals surface area contributed by atoms with Crippen LogP contribution < -0.4 is 0 Å². The second-order valence-electron chi connectivity index (χ2n) is 6.01. The van der Waals surface area contributed by atoms with E-state index < -0.39 is 74.9 Å². The van der Waals surface area contributed by atoms with E-state index >= 15 is 0 Å². The molecule has 0 heterocycles. The van der Waals surface area contributed by atoms with Crippen LogP contribution in [0, 0.1) is 0 Å². The maximum absolute atomic E-state index is 13.3. The summed E-state index contributed by atoms with van der Waals surface area (Å²) >= 11 is 0. The molecule has 0 spiro atoms. The molecule has 1 N–H and O–H groups in total. The zero-order valence-electron chi connectivity index (χ0n) is 14.8. The van der Waals surface area contributed by atoms with Crippen LogP contribution in [0.25, 0.3) is 0 Å². The minimum atomic E-state index is -8.65. The van der Waals surface area contributed by atoms with E-state index in [9.17, 15) is 96.2 Å². The molecule has 0 aliphatic carbocycles. The highest BCUT2D eigenvalue weighted by Crippen LogP contribution is 2.60. The molecule has 0 aromatic rings. The van der Waals surface area contributed by atoms with Gasteiger partial charge < -0.3 is 0 Å². The summed E-state index contributed by atoms with van der Waals surface area (Å²) < 4.78 is 286. The van der Waals surface area contributed by atoms with E-state index in [4.69, 9.17) is 4.55 Å². The van der Waals surface area contributed by atoms with Gasteiger partial charge in [0, 0.05) is 0 Å². The predicted molar refractivity (Wildman–Crippen MR) is 66.4 cm³/mol. The highest BCUT2D eigenvalue weighted by molar-refractivity contribution is 7.87. The van der Waals surface area contributed by atoms with E-state index in [1.54, 1.807) is 0 Å². The standard InChI is InChI=1S/C11H2F20O3S/c12-1(3(14)5(17,18)7(21,22)10(27,28)29)2(13)4(15,16)6(19,20)8(23,24)9(25,26)11(30,31)35(32,33)34/h2H,(H,32,33,34)/b3-1+. The Balaban J connectivity index is 6.92. The van der Waals surface area contributed by atoms with Crippen molar-refractivity contribution in [2.45, 2.75) is 53.1 Å². The lowest BCUT2D eigenvalue weighted by molar-refractivity contribution is -0.395. The SMILES string of the molecule is O=S(=O)(O)C(F)(F)C(F)(F)C(F)(F)C(F)(F)C(F)(F)C(F)/C(F)=C(\F)C(F)(F)C(F)(F)C(F)(F)F. The molecule has 1 atom stereocenters. The molecular formula is C11H2F20O3S. The summed E-state index contributed by atoms with van der Waals surface area (Å²) in [5.41, 5.74) is 0. The van der Waals surface area contributed by atoms with Crippen LogP contribution in [0.1, 0.15) is 0 Å². The Kier molecular flexibility index (Phi) is 7.98. The minimum Gasteiger partial charge on any atom is -0.281 e. The summed E-state index contributed by atoms with van der Waals surface area (Å²) in [5.74, 6) is -60.0. The molecule has 0 bridgehead atoms. The Morgan fingerprint density at radius 3 is 1.23 bits per heavy atom. The molecule has 1 unspecified atom stereocenters. The maximum Gasteiger partial charge on any atom is 0.460 e. The molecule has 24 heteroatoms. The van der Waals surface area contributed by atoms with Gasteiger partial charge in [-0.05, 0) is 0 Å². The van der Waals surface area contributed by atoms with Crippen molar-refractivity contribution in [1.29, 1.82) is 0 Å². The molecule has 0 rings (SSSR count). The van der Waals surface area contributed by atoms with Crippen molar-refractivity contribution in [3.05, 3.63) is 11.7 Å². The van der Waals surface area contributed by atoms with Crippen LogP contribution in [-0.2, 0) is 10.1 Å². The van der Waals surface area contributed by atoms with Crippen molar-refractivity contribution >= 4 is 10.1 Å². The van der Waals surface area contributed by atoms with Gasteiger partial charge in [0.2, 0.25) is 12.0 Å². The van der Waals surface area contributed by atoms with Crippen LogP contribution in [-0.4, -0.2) is 66.1 Å². The second kappa shape index (κ2) is 8.39. The van der Waals surface area contributed by atoms with Crippen LogP contribution in [0.5, 0.6) is 0 Å². The number of rotatable bonds is 9. The third kappa shape index (κ3) is 4.47. The van der Waals surface area contributed by atoms with E-state index in [2.05, 4.69) is 0 Å². The smallest absolute Gasteiger partial charge is 0.281 e. The van der Waals surface area contributed by atoms with E-state index in [1.807, 2.05) is 0 Å². The van der Waals surface area contributed by atoms with Gasteiger partial charge in [-0.2, -0.15) is 83.1 Å². The third-order valence-electron chi connectivity index (χ3n) is 3.67. The van der Waals surface area contributed by atoms with Gasteiger partial charge in [-0.1, -0.05) is 0 Å². The molecule has 210 valence electrons. The molecule has 0 saturated carbocycles. The van der Waals surface area contributed by atoms with Crippen molar-refractivity contribution < 1.29 is 101 Å². The average Bonchev–Trinajstić information content (AvgIpc) is 2.63. The summed E-state index contributed by atoms with van der Waals surface area (Å²) in [6, 6.07) is 0. The first-order valence-electron chi connectivity index (χ1n) is 7.11. The zero-order valence-corrected chi connectivity index (χ0v) is 15.6. The largest absolute Gasteiger partial charge is 0.460 e. The fourth-order valence-electron chi connectivity index (χ4n) is 1.65. The van der Waals surface area contributed by atoms with Crippen molar-refractivity contribution in [3.63, 3.8) is 0 Å². The molecule has 0 aliphatic rings. The maximum atomic E-state index is 13.3. The quantitative estimate of drug-likeness (QED) is 0.251. The molecule has 0 saturated heterocycles. The number of allylic oxidation sites excluding steroid dienone is 2. The Hall–Kier alpha value is -1.75. The number of hydrogen-bond acceptors (Lipinski definition) is 2. The lowest BCUT2D eigenvalue weighted by atomic mass is 9.94. The molecule has 0 amide bonds. The van der Waals surface area contributed by atoms with Crippen LogP contribution in [0.3, 0.4) is 0 Å². The van der Waals surface area contributed by atoms with E-state index in [0.717, 1.165) is 0 Å². The van der Waals surface area contributed by atoms with E-state index in [1.165, 1.54) is 0 Å². The zero-order chi connectivity index (χ0) is 29.2. The predicted octanol–water partition coefficient (Wildman–Crippen LogP) is 6.33. The van der Waals surface area contributed by atoms with Crippen LogP contribution in [0.2, 0.25) is 0 Å². The van der Waals surface area contributed by atoms with Crippen molar-refractivity contribution in [2.75, 3.05) is 0 Å². The molecule has 0 fully saturated rings. The number of alkyl halides is 18. The van der Waals surface area contributed by atoms with Crippen molar-refractivity contribution in [3.8, 4) is 0 Å². The highest BCUT2D eigenvalue weighted by atomic mass is 32.2. The number of halogens is 20. The first-order chi connectivity index (χ1) is 14.7. The first kappa shape index (κ1) is 33.2. The van der Waals surface area contributed by atoms with Gasteiger partial charge in [0.1, 0.15) is 0 Å². The molecule has 0 radical (unpaired) electrons. The first-order valence-corrected chi connectivity index (χ1v) is 8.55. The minimum absolute atomic E-state index is 5.15. The lowest BCUT2D eigenvalue weighted by Gasteiger charge is -2.39. The van der Waals surface area contributed by atoms with Gasteiger partial charge in [-0.15, -0.1) is 0 Å². The van der Waals surface area contributed by atoms with Crippen LogP contribution >= 0.6 is 0 Å². The second-order valence-corrected chi connectivity index (χ2v) is 7.47. The van der Waals surface area contributed by atoms with Gasteiger partial charge in [0.15, 0.2) is 5.83 Å². The van der Waals surface area contributed by atoms with Gasteiger partial charge in [-0.3, -0.25) is 4.55 Å². The van der Waals surface area contributed by atoms with Gasteiger partial charge in [-0.25, -0.2) is 13.2 Å². The molecule has 0 aromatic carbocycles. The monoisotopic (exact) mass is 594 g/mol. The Bertz CT molecular complexity index is 944. The van der Waals surface area contributed by atoms with Crippen molar-refractivity contribution in [2.24, 2.45) is 0 Å². The van der Waals surface area contributed by atoms with Gasteiger partial charge >= 0.3 is 57.1 Å². The van der Waals surface area contributed by atoms with Crippen LogP contribution in [0.15, 0.2) is 11.7 Å². The van der Waals surface area contributed by atoms with Crippen LogP contribution in [0.4, 0.5) is 87.8 Å². The molecule has 35 heavy (non-hydrogen) atoms. The summed E-state index contributed by atoms with van der Waals surface area (Å²) in [7, 11) is -7.92. The topological polar surface area (TPSA) is 54.4 Å². The molecular weight excluding hydrogens is 592 g/mol. The molecule has 3 nitrogen and oxygen atoms in total. The summed E-state index contributed by atoms with van der Waals surface area (Å²) in [6.07, 6.45) is -14.2. The van der Waals surface area contributed by atoms with E-state index in [0.29, 0.717) is 0 Å². The Morgan fingerprint density at radius 2 is 0.943 bits per heavy atom. The average molecular weight is 594 g/mol. The third-order valence-corrected chi connectivity index (χ3v) is 4.58.